The average molecular weight is 434 g/mol. The first-order valence-electron chi connectivity index (χ1n) is 8.69. The normalized spacial score (nSPS) is 14.8. The number of rotatable bonds is 4. The Morgan fingerprint density at radius 2 is 1.73 bits per heavy atom. The summed E-state index contributed by atoms with van der Waals surface area (Å²) in [6.45, 7) is 3.02. The van der Waals surface area contributed by atoms with Gasteiger partial charge >= 0.3 is 12.4 Å². The van der Waals surface area contributed by atoms with Crippen molar-refractivity contribution in [3.63, 3.8) is 0 Å². The standard InChI is InChI=1S/C18H16F6N4O2/c1-8(10-3-5-11(6-4-10)17(19,20)21)28-15-14(16(30)26-9(2)25-15)12(27-28)7-13(29)18(22,23)24/h3-6,8,13,29H,7H2,1-2H3,(H,25,26,30)/t8-,13-/m0/s1. The van der Waals surface area contributed by atoms with Gasteiger partial charge in [-0.05, 0) is 31.5 Å². The zero-order chi connectivity index (χ0) is 22.4. The highest BCUT2D eigenvalue weighted by Gasteiger charge is 2.39. The van der Waals surface area contributed by atoms with Gasteiger partial charge in [-0.1, -0.05) is 12.1 Å². The van der Waals surface area contributed by atoms with Gasteiger partial charge in [-0.3, -0.25) is 4.79 Å². The minimum Gasteiger partial charge on any atom is -0.383 e. The lowest BCUT2D eigenvalue weighted by Crippen LogP contribution is -2.31. The molecule has 3 rings (SSSR count). The molecule has 0 saturated heterocycles. The van der Waals surface area contributed by atoms with Crippen LogP contribution in [-0.2, 0) is 12.6 Å². The van der Waals surface area contributed by atoms with E-state index >= 15 is 0 Å². The number of H-pyrrole nitrogens is 1. The summed E-state index contributed by atoms with van der Waals surface area (Å²) in [6, 6.07) is 3.42. The van der Waals surface area contributed by atoms with Gasteiger partial charge in [0.05, 0.1) is 17.3 Å². The molecule has 6 nitrogen and oxygen atoms in total. The molecule has 3 aromatic rings. The Labute approximate surface area is 165 Å². The zero-order valence-electron chi connectivity index (χ0n) is 15.6. The molecule has 12 heteroatoms. The fourth-order valence-corrected chi connectivity index (χ4v) is 3.03. The molecule has 2 atom stereocenters. The molecule has 0 saturated carbocycles. The summed E-state index contributed by atoms with van der Waals surface area (Å²) >= 11 is 0. The van der Waals surface area contributed by atoms with E-state index < -0.39 is 42.0 Å². The minimum absolute atomic E-state index is 0.0342. The van der Waals surface area contributed by atoms with Gasteiger partial charge < -0.3 is 10.1 Å². The van der Waals surface area contributed by atoms with E-state index in [2.05, 4.69) is 15.1 Å². The van der Waals surface area contributed by atoms with E-state index in [-0.39, 0.29) is 22.6 Å². The summed E-state index contributed by atoms with van der Waals surface area (Å²) < 4.78 is 77.9. The third-order valence-electron chi connectivity index (χ3n) is 4.60. The molecule has 0 aliphatic rings. The van der Waals surface area contributed by atoms with E-state index in [0.29, 0.717) is 5.56 Å². The lowest BCUT2D eigenvalue weighted by Gasteiger charge is -2.15. The van der Waals surface area contributed by atoms with Crippen LogP contribution in [0.5, 0.6) is 0 Å². The number of aromatic amines is 1. The second-order valence-corrected chi connectivity index (χ2v) is 6.80. The van der Waals surface area contributed by atoms with E-state index in [1.54, 1.807) is 6.92 Å². The first kappa shape index (κ1) is 21.8. The highest BCUT2D eigenvalue weighted by Crippen LogP contribution is 2.31. The van der Waals surface area contributed by atoms with Gasteiger partial charge in [-0.15, -0.1) is 0 Å². The molecule has 162 valence electrons. The number of nitrogens with zero attached hydrogens (tertiary/aromatic N) is 3. The number of aryl methyl sites for hydroxylation is 1. The summed E-state index contributed by atoms with van der Waals surface area (Å²) in [5.41, 5.74) is -1.57. The SMILES string of the molecule is Cc1nc2c(c(C[C@H](O)C(F)(F)F)nn2[C@@H](C)c2ccc(C(F)(F)F)cc2)c(=O)[nH]1. The van der Waals surface area contributed by atoms with Crippen LogP contribution in [0.15, 0.2) is 29.1 Å². The second-order valence-electron chi connectivity index (χ2n) is 6.80. The third kappa shape index (κ3) is 4.18. The van der Waals surface area contributed by atoms with E-state index in [4.69, 9.17) is 0 Å². The second kappa shape index (κ2) is 7.42. The Morgan fingerprint density at radius 1 is 1.13 bits per heavy atom. The highest BCUT2D eigenvalue weighted by molar-refractivity contribution is 5.77. The Bertz CT molecular complexity index is 1120. The monoisotopic (exact) mass is 434 g/mol. The molecule has 0 amide bonds. The van der Waals surface area contributed by atoms with Crippen LogP contribution in [0.2, 0.25) is 0 Å². The molecule has 0 spiro atoms. The summed E-state index contributed by atoms with van der Waals surface area (Å²) in [7, 11) is 0. The van der Waals surface area contributed by atoms with Crippen molar-refractivity contribution in [2.75, 3.05) is 0 Å². The fourth-order valence-electron chi connectivity index (χ4n) is 3.03. The summed E-state index contributed by atoms with van der Waals surface area (Å²) in [5, 5.41) is 13.2. The van der Waals surface area contributed by atoms with E-state index in [1.165, 1.54) is 23.7 Å². The first-order chi connectivity index (χ1) is 13.8. The van der Waals surface area contributed by atoms with Gasteiger partial charge in [0.15, 0.2) is 11.8 Å². The Balaban J connectivity index is 2.10. The largest absolute Gasteiger partial charge is 0.416 e. The molecule has 0 aliphatic heterocycles. The van der Waals surface area contributed by atoms with Crippen LogP contribution in [0.1, 0.15) is 35.6 Å². The molecule has 0 bridgehead atoms. The van der Waals surface area contributed by atoms with Crippen molar-refractivity contribution in [2.24, 2.45) is 0 Å². The number of fused-ring (bicyclic) bond motifs is 1. The van der Waals surface area contributed by atoms with E-state index in [9.17, 15) is 36.2 Å². The number of hydrogen-bond acceptors (Lipinski definition) is 4. The number of aliphatic hydroxyl groups excluding tert-OH is 1. The van der Waals surface area contributed by atoms with Gasteiger partial charge in [-0.2, -0.15) is 31.4 Å². The van der Waals surface area contributed by atoms with Crippen LogP contribution in [0.25, 0.3) is 11.0 Å². The molecule has 0 aliphatic carbocycles. The van der Waals surface area contributed by atoms with Crippen molar-refractivity contribution in [2.45, 2.75) is 44.8 Å². The van der Waals surface area contributed by atoms with Crippen LogP contribution >= 0.6 is 0 Å². The number of benzene rings is 1. The lowest BCUT2D eigenvalue weighted by molar-refractivity contribution is -0.203. The van der Waals surface area contributed by atoms with Gasteiger partial charge in [0.1, 0.15) is 11.2 Å². The van der Waals surface area contributed by atoms with Crippen LogP contribution in [-0.4, -0.2) is 37.1 Å². The smallest absolute Gasteiger partial charge is 0.383 e. The molecular weight excluding hydrogens is 418 g/mol. The predicted octanol–water partition coefficient (Wildman–Crippen LogP) is 3.52. The Kier molecular flexibility index (Phi) is 5.39. The van der Waals surface area contributed by atoms with Crippen LogP contribution in [0.4, 0.5) is 26.3 Å². The topological polar surface area (TPSA) is 83.8 Å². The maximum Gasteiger partial charge on any atom is 0.416 e. The maximum absolute atomic E-state index is 12.8. The molecule has 0 radical (unpaired) electrons. The zero-order valence-corrected chi connectivity index (χ0v) is 15.6. The Hall–Kier alpha value is -2.89. The number of halogens is 6. The minimum atomic E-state index is -4.92. The van der Waals surface area contributed by atoms with Crippen LogP contribution < -0.4 is 5.56 Å². The number of hydrogen-bond donors (Lipinski definition) is 2. The number of aromatic nitrogens is 4. The third-order valence-corrected chi connectivity index (χ3v) is 4.60. The predicted molar refractivity (Wildman–Crippen MR) is 93.9 cm³/mol. The molecule has 1 aromatic carbocycles. The highest BCUT2D eigenvalue weighted by atomic mass is 19.4. The molecule has 2 heterocycles. The molecule has 0 unspecified atom stereocenters. The van der Waals surface area contributed by atoms with E-state index in [0.717, 1.165) is 12.1 Å². The number of aliphatic hydroxyl groups is 1. The van der Waals surface area contributed by atoms with Crippen LogP contribution in [0.3, 0.4) is 0 Å². The average Bonchev–Trinajstić information content (AvgIpc) is 2.98. The molecular formula is C18H16F6N4O2. The molecule has 0 fully saturated rings. The van der Waals surface area contributed by atoms with Crippen LogP contribution in [0, 0.1) is 6.92 Å². The van der Waals surface area contributed by atoms with Crippen molar-refractivity contribution in [1.29, 1.82) is 0 Å². The maximum atomic E-state index is 12.8. The van der Waals surface area contributed by atoms with Crippen molar-refractivity contribution < 1.29 is 31.4 Å². The van der Waals surface area contributed by atoms with Crippen molar-refractivity contribution in [3.8, 4) is 0 Å². The van der Waals surface area contributed by atoms with Crippen molar-refractivity contribution in [3.05, 3.63) is 57.3 Å². The summed E-state index contributed by atoms with van der Waals surface area (Å²) in [4.78, 5) is 18.8. The molecule has 2 aromatic heterocycles. The van der Waals surface area contributed by atoms with Gasteiger partial charge in [0.2, 0.25) is 0 Å². The number of nitrogens with one attached hydrogen (secondary N) is 1. The van der Waals surface area contributed by atoms with E-state index in [1.807, 2.05) is 0 Å². The lowest BCUT2D eigenvalue weighted by atomic mass is 10.1. The summed E-state index contributed by atoms with van der Waals surface area (Å²) in [5.74, 6) is 0.177. The Morgan fingerprint density at radius 3 is 2.27 bits per heavy atom. The first-order valence-corrected chi connectivity index (χ1v) is 8.69. The molecule has 2 N–H and O–H groups in total. The fraction of sp³-hybridized carbons (Fsp3) is 0.389. The van der Waals surface area contributed by atoms with Gasteiger partial charge in [-0.25, -0.2) is 9.67 Å². The summed E-state index contributed by atoms with van der Waals surface area (Å²) in [6.07, 6.45) is -13.2. The van der Waals surface area contributed by atoms with Crippen molar-refractivity contribution >= 4 is 11.0 Å². The molecule has 30 heavy (non-hydrogen) atoms. The quantitative estimate of drug-likeness (QED) is 0.616. The van der Waals surface area contributed by atoms with Gasteiger partial charge in [0, 0.05) is 6.42 Å². The van der Waals surface area contributed by atoms with Gasteiger partial charge in [0.25, 0.3) is 5.56 Å². The number of alkyl halides is 6. The van der Waals surface area contributed by atoms with Crippen molar-refractivity contribution in [1.82, 2.24) is 19.7 Å².